The summed E-state index contributed by atoms with van der Waals surface area (Å²) in [6.07, 6.45) is 0. The largest absolute Gasteiger partial charge is 0.345 e. The maximum Gasteiger partial charge on any atom is 0.251 e. The molecule has 3 rings (SSSR count). The van der Waals surface area contributed by atoms with Crippen LogP contribution in [0, 0.1) is 10.5 Å². The molecule has 0 bridgehead atoms. The van der Waals surface area contributed by atoms with Crippen molar-refractivity contribution in [2.24, 2.45) is 7.05 Å². The van der Waals surface area contributed by atoms with Crippen molar-refractivity contribution < 1.29 is 9.59 Å². The number of carbonyl (C=O) groups excluding carboxylic acids is 2. The summed E-state index contributed by atoms with van der Waals surface area (Å²) in [5, 5.41) is 15.1. The Morgan fingerprint density at radius 2 is 1.90 bits per heavy atom. The average Bonchev–Trinajstić information content (AvgIpc) is 3.07. The normalized spacial score (nSPS) is 10.7. The maximum absolute atomic E-state index is 12.3. The molecule has 156 valence electrons. The number of hydrogen-bond donors (Lipinski definition) is 2. The van der Waals surface area contributed by atoms with Gasteiger partial charge in [0.2, 0.25) is 5.91 Å². The van der Waals surface area contributed by atoms with Crippen molar-refractivity contribution in [3.8, 4) is 0 Å². The fourth-order valence-corrected chi connectivity index (χ4v) is 4.07. The van der Waals surface area contributed by atoms with E-state index < -0.39 is 0 Å². The van der Waals surface area contributed by atoms with Gasteiger partial charge in [0.1, 0.15) is 0 Å². The zero-order chi connectivity index (χ0) is 21.7. The van der Waals surface area contributed by atoms with E-state index in [1.807, 2.05) is 25.1 Å². The van der Waals surface area contributed by atoms with Gasteiger partial charge in [0.25, 0.3) is 5.91 Å². The molecule has 0 saturated carbocycles. The van der Waals surface area contributed by atoms with Crippen molar-refractivity contribution in [3.05, 3.63) is 68.0 Å². The second-order valence-electron chi connectivity index (χ2n) is 6.44. The van der Waals surface area contributed by atoms with Crippen LogP contribution in [0.5, 0.6) is 0 Å². The van der Waals surface area contributed by atoms with Crippen LogP contribution >= 0.6 is 46.0 Å². The van der Waals surface area contributed by atoms with Crippen LogP contribution in [-0.2, 0) is 18.4 Å². The molecule has 0 unspecified atom stereocenters. The van der Waals surface area contributed by atoms with Gasteiger partial charge in [-0.3, -0.25) is 9.59 Å². The van der Waals surface area contributed by atoms with Gasteiger partial charge in [-0.1, -0.05) is 23.4 Å². The standard InChI is InChI=1S/C20H19ClIN5O2S/c1-12-9-15(22)7-8-16(12)24-18(28)11-30-20-26-25-17(27(20)2)10-23-19(29)13-3-5-14(21)6-4-13/h3-9H,10-11H2,1-2H3,(H,23,29)(H,24,28). The Labute approximate surface area is 197 Å². The molecule has 0 aliphatic rings. The lowest BCUT2D eigenvalue weighted by Gasteiger charge is -2.09. The minimum Gasteiger partial charge on any atom is -0.345 e. The highest BCUT2D eigenvalue weighted by Gasteiger charge is 2.13. The highest BCUT2D eigenvalue weighted by Crippen LogP contribution is 2.20. The number of benzene rings is 2. The first-order valence-electron chi connectivity index (χ1n) is 8.94. The van der Waals surface area contributed by atoms with Crippen LogP contribution in [0.15, 0.2) is 47.6 Å². The van der Waals surface area contributed by atoms with Crippen molar-refractivity contribution in [2.45, 2.75) is 18.6 Å². The van der Waals surface area contributed by atoms with E-state index in [-0.39, 0.29) is 24.1 Å². The Morgan fingerprint density at radius 3 is 2.60 bits per heavy atom. The Morgan fingerprint density at radius 1 is 1.17 bits per heavy atom. The molecule has 0 fully saturated rings. The lowest BCUT2D eigenvalue weighted by Crippen LogP contribution is -2.24. The summed E-state index contributed by atoms with van der Waals surface area (Å²) in [5.41, 5.74) is 2.32. The van der Waals surface area contributed by atoms with Crippen LogP contribution in [0.1, 0.15) is 21.7 Å². The Balaban J connectivity index is 1.52. The summed E-state index contributed by atoms with van der Waals surface area (Å²) in [4.78, 5) is 24.5. The SMILES string of the molecule is Cc1cc(I)ccc1NC(=O)CSc1nnc(CNC(=O)c2ccc(Cl)cc2)n1C. The van der Waals surface area contributed by atoms with Gasteiger partial charge in [-0.05, 0) is 77.5 Å². The van der Waals surface area contributed by atoms with E-state index in [1.54, 1.807) is 35.9 Å². The van der Waals surface area contributed by atoms with Gasteiger partial charge in [0.15, 0.2) is 11.0 Å². The Hall–Kier alpha value is -2.11. The molecular formula is C20H19ClIN5O2S. The van der Waals surface area contributed by atoms with Gasteiger partial charge in [0.05, 0.1) is 12.3 Å². The number of thioether (sulfide) groups is 1. The van der Waals surface area contributed by atoms with Crippen LogP contribution in [-0.4, -0.2) is 32.3 Å². The van der Waals surface area contributed by atoms with E-state index in [9.17, 15) is 9.59 Å². The van der Waals surface area contributed by atoms with Crippen LogP contribution in [0.3, 0.4) is 0 Å². The number of amides is 2. The van der Waals surface area contributed by atoms with Crippen LogP contribution in [0.25, 0.3) is 0 Å². The summed E-state index contributed by atoms with van der Waals surface area (Å²) in [5.74, 6) is 0.448. The van der Waals surface area contributed by atoms with Crippen LogP contribution in [0.2, 0.25) is 5.02 Å². The second-order valence-corrected chi connectivity index (χ2v) is 9.07. The molecule has 2 aromatic carbocycles. The summed E-state index contributed by atoms with van der Waals surface area (Å²) < 4.78 is 2.88. The third-order valence-corrected chi connectivity index (χ3v) is 6.18. The first kappa shape index (κ1) is 22.6. The molecule has 3 aromatic rings. The quantitative estimate of drug-likeness (QED) is 0.339. The third kappa shape index (κ3) is 5.96. The second kappa shape index (κ2) is 10.3. The molecule has 0 aliphatic carbocycles. The smallest absolute Gasteiger partial charge is 0.251 e. The number of halogens is 2. The van der Waals surface area contributed by atoms with Gasteiger partial charge in [-0.2, -0.15) is 0 Å². The lowest BCUT2D eigenvalue weighted by molar-refractivity contribution is -0.113. The summed E-state index contributed by atoms with van der Waals surface area (Å²) in [7, 11) is 1.80. The molecule has 7 nitrogen and oxygen atoms in total. The summed E-state index contributed by atoms with van der Waals surface area (Å²) in [6.45, 7) is 2.18. The van der Waals surface area contributed by atoms with Crippen molar-refractivity contribution in [2.75, 3.05) is 11.1 Å². The predicted molar refractivity (Wildman–Crippen MR) is 127 cm³/mol. The number of aryl methyl sites for hydroxylation is 1. The number of hydrogen-bond acceptors (Lipinski definition) is 5. The van der Waals surface area contributed by atoms with Crippen molar-refractivity contribution >= 4 is 63.5 Å². The summed E-state index contributed by atoms with van der Waals surface area (Å²) in [6, 6.07) is 12.5. The topological polar surface area (TPSA) is 88.9 Å². The van der Waals surface area contributed by atoms with Crippen molar-refractivity contribution in [1.29, 1.82) is 0 Å². The van der Waals surface area contributed by atoms with E-state index in [4.69, 9.17) is 11.6 Å². The van der Waals surface area contributed by atoms with Crippen molar-refractivity contribution in [3.63, 3.8) is 0 Å². The molecule has 0 aliphatic heterocycles. The third-order valence-electron chi connectivity index (χ3n) is 4.23. The number of aromatic nitrogens is 3. The first-order chi connectivity index (χ1) is 14.3. The monoisotopic (exact) mass is 555 g/mol. The van der Waals surface area contributed by atoms with Gasteiger partial charge in [-0.15, -0.1) is 10.2 Å². The predicted octanol–water partition coefficient (Wildman–Crippen LogP) is 4.04. The van der Waals surface area contributed by atoms with Crippen LogP contribution in [0.4, 0.5) is 5.69 Å². The van der Waals surface area contributed by atoms with E-state index in [0.717, 1.165) is 14.8 Å². The van der Waals surface area contributed by atoms with Gasteiger partial charge >= 0.3 is 0 Å². The number of anilines is 1. The fraction of sp³-hybridized carbons (Fsp3) is 0.200. The number of carbonyl (C=O) groups is 2. The van der Waals surface area contributed by atoms with Gasteiger partial charge in [0, 0.05) is 26.9 Å². The minimum atomic E-state index is -0.226. The number of nitrogens with zero attached hydrogens (tertiary/aromatic N) is 3. The Bertz CT molecular complexity index is 1070. The molecule has 2 N–H and O–H groups in total. The van der Waals surface area contributed by atoms with E-state index in [0.29, 0.717) is 21.6 Å². The average molecular weight is 556 g/mol. The van der Waals surface area contributed by atoms with Gasteiger partial charge < -0.3 is 15.2 Å². The summed E-state index contributed by atoms with van der Waals surface area (Å²) >= 11 is 9.36. The Kier molecular flexibility index (Phi) is 7.73. The molecule has 10 heteroatoms. The van der Waals surface area contributed by atoms with E-state index in [1.165, 1.54) is 11.8 Å². The first-order valence-corrected chi connectivity index (χ1v) is 11.4. The highest BCUT2D eigenvalue weighted by atomic mass is 127. The minimum absolute atomic E-state index is 0.120. The molecule has 2 amide bonds. The molecule has 1 heterocycles. The number of nitrogens with one attached hydrogen (secondary N) is 2. The zero-order valence-electron chi connectivity index (χ0n) is 16.3. The van der Waals surface area contributed by atoms with Crippen LogP contribution < -0.4 is 10.6 Å². The fourth-order valence-electron chi connectivity index (χ4n) is 2.57. The molecule has 1 aromatic heterocycles. The molecule has 0 atom stereocenters. The molecule has 0 saturated heterocycles. The van der Waals surface area contributed by atoms with Gasteiger partial charge in [-0.25, -0.2) is 0 Å². The maximum atomic E-state index is 12.3. The molecule has 0 radical (unpaired) electrons. The molecule has 30 heavy (non-hydrogen) atoms. The van der Waals surface area contributed by atoms with E-state index in [2.05, 4.69) is 43.4 Å². The molecular weight excluding hydrogens is 537 g/mol. The zero-order valence-corrected chi connectivity index (χ0v) is 20.0. The molecule has 0 spiro atoms. The lowest BCUT2D eigenvalue weighted by atomic mass is 10.2. The number of rotatable bonds is 7. The van der Waals surface area contributed by atoms with E-state index >= 15 is 0 Å². The highest BCUT2D eigenvalue weighted by molar-refractivity contribution is 14.1. The van der Waals surface area contributed by atoms with Crippen molar-refractivity contribution in [1.82, 2.24) is 20.1 Å².